The van der Waals surface area contributed by atoms with Crippen LogP contribution >= 0.6 is 11.6 Å². The summed E-state index contributed by atoms with van der Waals surface area (Å²) in [5.74, 6) is 0.308. The highest BCUT2D eigenvalue weighted by Gasteiger charge is 2.35. The van der Waals surface area contributed by atoms with Gasteiger partial charge in [-0.1, -0.05) is 26.0 Å². The highest BCUT2D eigenvalue weighted by atomic mass is 35.5. The summed E-state index contributed by atoms with van der Waals surface area (Å²) in [5, 5.41) is 0. The second kappa shape index (κ2) is 7.04. The molecule has 0 aliphatic rings. The van der Waals surface area contributed by atoms with Crippen LogP contribution in [0, 0.1) is 0 Å². The Morgan fingerprint density at radius 3 is 2.21 bits per heavy atom. The van der Waals surface area contributed by atoms with E-state index in [1.165, 1.54) is 12.1 Å². The fourth-order valence-corrected chi connectivity index (χ4v) is 2.47. The number of rotatable bonds is 6. The van der Waals surface area contributed by atoms with E-state index in [0.717, 1.165) is 18.9 Å². The van der Waals surface area contributed by atoms with Gasteiger partial charge in [0.1, 0.15) is 0 Å². The van der Waals surface area contributed by atoms with E-state index in [2.05, 4.69) is 0 Å². The van der Waals surface area contributed by atoms with E-state index < -0.39 is 11.7 Å². The molecule has 0 N–H and O–H groups in total. The molecule has 108 valence electrons. The normalized spacial score (nSPS) is 11.9. The van der Waals surface area contributed by atoms with Crippen molar-refractivity contribution in [2.75, 3.05) is 17.3 Å². The van der Waals surface area contributed by atoms with Crippen molar-refractivity contribution in [3.63, 3.8) is 0 Å². The lowest BCUT2D eigenvalue weighted by Crippen LogP contribution is -2.37. The van der Waals surface area contributed by atoms with Gasteiger partial charge in [-0.2, -0.15) is 13.2 Å². The van der Waals surface area contributed by atoms with E-state index in [1.807, 2.05) is 13.8 Å². The topological polar surface area (TPSA) is 3.24 Å². The maximum absolute atomic E-state index is 13.1. The first-order chi connectivity index (χ1) is 8.95. The smallest absolute Gasteiger partial charge is 0.367 e. The summed E-state index contributed by atoms with van der Waals surface area (Å²) in [7, 11) is 0. The van der Waals surface area contributed by atoms with Gasteiger partial charge in [0.05, 0.1) is 5.56 Å². The molecule has 0 fully saturated rings. The van der Waals surface area contributed by atoms with Gasteiger partial charge in [-0.25, -0.2) is 0 Å². The SMILES string of the molecule is CCC(CC)N(CCCl)c1ccccc1C(F)(F)F. The molecule has 0 spiro atoms. The maximum Gasteiger partial charge on any atom is 0.418 e. The van der Waals surface area contributed by atoms with Gasteiger partial charge in [-0.3, -0.25) is 0 Å². The van der Waals surface area contributed by atoms with Crippen LogP contribution in [0.3, 0.4) is 0 Å². The number of hydrogen-bond acceptors (Lipinski definition) is 1. The first kappa shape index (κ1) is 16.2. The number of alkyl halides is 4. The molecular weight excluding hydrogens is 275 g/mol. The lowest BCUT2D eigenvalue weighted by Gasteiger charge is -2.34. The van der Waals surface area contributed by atoms with E-state index in [4.69, 9.17) is 11.6 Å². The average Bonchev–Trinajstić information content (AvgIpc) is 2.38. The van der Waals surface area contributed by atoms with Gasteiger partial charge in [-0.15, -0.1) is 11.6 Å². The minimum atomic E-state index is -4.34. The van der Waals surface area contributed by atoms with E-state index >= 15 is 0 Å². The Morgan fingerprint density at radius 2 is 1.74 bits per heavy atom. The predicted molar refractivity (Wildman–Crippen MR) is 73.9 cm³/mol. The van der Waals surface area contributed by atoms with Crippen LogP contribution in [0.1, 0.15) is 32.3 Å². The van der Waals surface area contributed by atoms with Crippen LogP contribution in [-0.2, 0) is 6.18 Å². The van der Waals surface area contributed by atoms with Gasteiger partial charge in [-0.05, 0) is 25.0 Å². The quantitative estimate of drug-likeness (QED) is 0.672. The Morgan fingerprint density at radius 1 is 1.16 bits per heavy atom. The van der Waals surface area contributed by atoms with E-state index in [-0.39, 0.29) is 11.7 Å². The minimum Gasteiger partial charge on any atom is -0.367 e. The first-order valence-corrected chi connectivity index (χ1v) is 6.97. The third-order valence-corrected chi connectivity index (χ3v) is 3.40. The van der Waals surface area contributed by atoms with Crippen molar-refractivity contribution in [3.05, 3.63) is 29.8 Å². The van der Waals surface area contributed by atoms with Gasteiger partial charge in [0.25, 0.3) is 0 Å². The summed E-state index contributed by atoms with van der Waals surface area (Å²) < 4.78 is 39.2. The van der Waals surface area contributed by atoms with Crippen molar-refractivity contribution in [1.82, 2.24) is 0 Å². The summed E-state index contributed by atoms with van der Waals surface area (Å²) in [4.78, 5) is 1.77. The van der Waals surface area contributed by atoms with Crippen LogP contribution in [-0.4, -0.2) is 18.5 Å². The Bertz CT molecular complexity index is 389. The molecular formula is C14H19ClF3N. The summed E-state index contributed by atoms with van der Waals surface area (Å²) >= 11 is 5.75. The average molecular weight is 294 g/mol. The van der Waals surface area contributed by atoms with E-state index in [0.29, 0.717) is 12.4 Å². The third kappa shape index (κ3) is 4.03. The number of para-hydroxylation sites is 1. The van der Waals surface area contributed by atoms with Crippen LogP contribution in [0.4, 0.5) is 18.9 Å². The summed E-state index contributed by atoms with van der Waals surface area (Å²) in [5.41, 5.74) is -0.364. The molecule has 0 bridgehead atoms. The van der Waals surface area contributed by atoms with Crippen LogP contribution < -0.4 is 4.90 Å². The molecule has 0 aromatic heterocycles. The number of nitrogens with zero attached hydrogens (tertiary/aromatic N) is 1. The molecule has 1 aromatic rings. The van der Waals surface area contributed by atoms with Crippen molar-refractivity contribution >= 4 is 17.3 Å². The molecule has 1 rings (SSSR count). The second-order valence-electron chi connectivity index (χ2n) is 4.37. The highest BCUT2D eigenvalue weighted by molar-refractivity contribution is 6.18. The molecule has 0 aliphatic carbocycles. The van der Waals surface area contributed by atoms with Crippen molar-refractivity contribution < 1.29 is 13.2 Å². The summed E-state index contributed by atoms with van der Waals surface area (Å²) in [6.45, 7) is 4.37. The fraction of sp³-hybridized carbons (Fsp3) is 0.571. The molecule has 0 radical (unpaired) electrons. The highest BCUT2D eigenvalue weighted by Crippen LogP contribution is 2.37. The molecule has 0 unspecified atom stereocenters. The number of hydrogen-bond donors (Lipinski definition) is 0. The maximum atomic E-state index is 13.1. The first-order valence-electron chi connectivity index (χ1n) is 6.44. The predicted octanol–water partition coefficient (Wildman–Crippen LogP) is 4.94. The molecule has 0 atom stereocenters. The zero-order valence-electron chi connectivity index (χ0n) is 11.2. The Balaban J connectivity index is 3.22. The summed E-state index contributed by atoms with van der Waals surface area (Å²) in [6, 6.07) is 5.76. The lowest BCUT2D eigenvalue weighted by molar-refractivity contribution is -0.137. The molecule has 0 amide bonds. The summed E-state index contributed by atoms with van der Waals surface area (Å²) in [6.07, 6.45) is -2.76. The molecule has 0 aliphatic heterocycles. The second-order valence-corrected chi connectivity index (χ2v) is 4.75. The van der Waals surface area contributed by atoms with Crippen LogP contribution in [0.15, 0.2) is 24.3 Å². The molecule has 19 heavy (non-hydrogen) atoms. The molecule has 0 heterocycles. The standard InChI is InChI=1S/C14H19ClF3N/c1-3-11(4-2)19(10-9-15)13-8-6-5-7-12(13)14(16,17)18/h5-8,11H,3-4,9-10H2,1-2H3. The molecule has 1 nitrogen and oxygen atoms in total. The van der Waals surface area contributed by atoms with Crippen molar-refractivity contribution in [1.29, 1.82) is 0 Å². The van der Waals surface area contributed by atoms with Gasteiger partial charge in [0, 0.05) is 24.2 Å². The third-order valence-electron chi connectivity index (χ3n) is 3.23. The van der Waals surface area contributed by atoms with Crippen molar-refractivity contribution in [2.24, 2.45) is 0 Å². The van der Waals surface area contributed by atoms with Gasteiger partial charge in [0.2, 0.25) is 0 Å². The molecule has 0 saturated heterocycles. The Labute approximate surface area is 117 Å². The zero-order valence-corrected chi connectivity index (χ0v) is 11.9. The molecule has 0 saturated carbocycles. The van der Waals surface area contributed by atoms with Gasteiger partial charge < -0.3 is 4.90 Å². The minimum absolute atomic E-state index is 0.0715. The molecule has 5 heteroatoms. The van der Waals surface area contributed by atoms with Gasteiger partial charge >= 0.3 is 6.18 Å². The largest absolute Gasteiger partial charge is 0.418 e. The van der Waals surface area contributed by atoms with Crippen molar-refractivity contribution in [3.8, 4) is 0 Å². The Kier molecular flexibility index (Phi) is 5.98. The fourth-order valence-electron chi connectivity index (χ4n) is 2.28. The van der Waals surface area contributed by atoms with Crippen molar-refractivity contribution in [2.45, 2.75) is 38.9 Å². The van der Waals surface area contributed by atoms with E-state index in [9.17, 15) is 13.2 Å². The number of halogens is 4. The van der Waals surface area contributed by atoms with Gasteiger partial charge in [0.15, 0.2) is 0 Å². The Hall–Kier alpha value is -0.900. The van der Waals surface area contributed by atoms with Crippen LogP contribution in [0.25, 0.3) is 0 Å². The monoisotopic (exact) mass is 293 g/mol. The number of benzene rings is 1. The zero-order chi connectivity index (χ0) is 14.5. The number of anilines is 1. The molecule has 1 aromatic carbocycles. The van der Waals surface area contributed by atoms with Crippen LogP contribution in [0.2, 0.25) is 0 Å². The van der Waals surface area contributed by atoms with E-state index in [1.54, 1.807) is 11.0 Å². The van der Waals surface area contributed by atoms with Crippen LogP contribution in [0.5, 0.6) is 0 Å². The lowest BCUT2D eigenvalue weighted by atomic mass is 10.1.